The summed E-state index contributed by atoms with van der Waals surface area (Å²) in [5, 5.41) is 3.20. The van der Waals surface area contributed by atoms with Gasteiger partial charge in [0.1, 0.15) is 0 Å². The monoisotopic (exact) mass is 251 g/mol. The average Bonchev–Trinajstić information content (AvgIpc) is 2.21. The van der Waals surface area contributed by atoms with Crippen molar-refractivity contribution < 1.29 is 13.2 Å². The number of nitrogens with zero attached hydrogens (tertiary/aromatic N) is 3. The minimum absolute atomic E-state index is 0.329. The second kappa shape index (κ2) is 9.16. The van der Waals surface area contributed by atoms with Crippen LogP contribution >= 0.6 is 0 Å². The molecule has 100 valence electrons. The maximum atomic E-state index is 12.1. The Bertz CT molecular complexity index is 235. The number of hydrogen-bond acceptors (Lipinski definition) is 1. The van der Waals surface area contributed by atoms with Crippen molar-refractivity contribution in [2.45, 2.75) is 70.5 Å². The van der Waals surface area contributed by atoms with Crippen LogP contribution in [0.3, 0.4) is 0 Å². The Hall–Kier alpha value is -0.900. The normalized spacial score (nSPS) is 13.2. The molecule has 1 atom stereocenters. The van der Waals surface area contributed by atoms with Crippen molar-refractivity contribution in [1.82, 2.24) is 0 Å². The van der Waals surface area contributed by atoms with Crippen molar-refractivity contribution in [3.63, 3.8) is 0 Å². The van der Waals surface area contributed by atoms with Crippen molar-refractivity contribution in [2.24, 2.45) is 5.11 Å². The number of hydrogen-bond donors (Lipinski definition) is 0. The van der Waals surface area contributed by atoms with Crippen LogP contribution in [0.15, 0.2) is 5.11 Å². The van der Waals surface area contributed by atoms with Crippen LogP contribution in [0.1, 0.15) is 58.3 Å². The predicted molar refractivity (Wildman–Crippen MR) is 61.6 cm³/mol. The third-order valence-electron chi connectivity index (χ3n) is 2.57. The first-order chi connectivity index (χ1) is 7.99. The molecule has 6 heteroatoms. The van der Waals surface area contributed by atoms with Crippen LogP contribution in [0.4, 0.5) is 13.2 Å². The summed E-state index contributed by atoms with van der Waals surface area (Å²) in [6.45, 7) is 2.11. The van der Waals surface area contributed by atoms with Gasteiger partial charge in [-0.15, -0.1) is 0 Å². The van der Waals surface area contributed by atoms with Crippen molar-refractivity contribution in [1.29, 1.82) is 0 Å². The van der Waals surface area contributed by atoms with Crippen LogP contribution in [-0.4, -0.2) is 12.2 Å². The molecule has 0 aromatic rings. The molecule has 0 heterocycles. The van der Waals surface area contributed by atoms with Crippen molar-refractivity contribution in [3.8, 4) is 0 Å². The lowest BCUT2D eigenvalue weighted by atomic mass is 10.0. The fourth-order valence-corrected chi connectivity index (χ4v) is 1.70. The number of azide groups is 1. The van der Waals surface area contributed by atoms with E-state index in [0.717, 1.165) is 25.7 Å². The van der Waals surface area contributed by atoms with Gasteiger partial charge < -0.3 is 0 Å². The molecule has 0 aromatic heterocycles. The number of halogens is 3. The van der Waals surface area contributed by atoms with E-state index < -0.39 is 18.6 Å². The van der Waals surface area contributed by atoms with Gasteiger partial charge in [-0.25, -0.2) is 0 Å². The lowest BCUT2D eigenvalue weighted by Crippen LogP contribution is -2.17. The maximum Gasteiger partial charge on any atom is 0.389 e. The second-order valence-corrected chi connectivity index (χ2v) is 4.23. The highest BCUT2D eigenvalue weighted by Crippen LogP contribution is 2.25. The molecular weight excluding hydrogens is 231 g/mol. The molecule has 0 saturated heterocycles. The van der Waals surface area contributed by atoms with E-state index in [9.17, 15) is 13.2 Å². The van der Waals surface area contributed by atoms with E-state index in [1.165, 1.54) is 6.42 Å². The Kier molecular flexibility index (Phi) is 8.68. The summed E-state index contributed by atoms with van der Waals surface area (Å²) in [6.07, 6.45) is 1.17. The van der Waals surface area contributed by atoms with Gasteiger partial charge in [-0.3, -0.25) is 0 Å². The van der Waals surface area contributed by atoms with Gasteiger partial charge in [0.05, 0.1) is 6.42 Å². The molecule has 0 fully saturated rings. The summed E-state index contributed by atoms with van der Waals surface area (Å²) in [4.78, 5) is 2.47. The van der Waals surface area contributed by atoms with E-state index in [2.05, 4.69) is 16.9 Å². The van der Waals surface area contributed by atoms with Crippen LogP contribution in [0.2, 0.25) is 0 Å². The number of rotatable bonds is 9. The summed E-state index contributed by atoms with van der Waals surface area (Å²) in [5.74, 6) is 0. The van der Waals surface area contributed by atoms with Gasteiger partial charge in [-0.1, -0.05) is 50.6 Å². The van der Waals surface area contributed by atoms with Crippen molar-refractivity contribution in [3.05, 3.63) is 10.4 Å². The van der Waals surface area contributed by atoms with Gasteiger partial charge in [-0.2, -0.15) is 13.2 Å². The van der Waals surface area contributed by atoms with Crippen LogP contribution in [0, 0.1) is 0 Å². The van der Waals surface area contributed by atoms with Crippen LogP contribution in [0.5, 0.6) is 0 Å². The van der Waals surface area contributed by atoms with Crippen LogP contribution < -0.4 is 0 Å². The van der Waals surface area contributed by atoms with Gasteiger partial charge in [0.2, 0.25) is 0 Å². The predicted octanol–water partition coefficient (Wildman–Crippen LogP) is 5.37. The number of alkyl halides is 3. The molecule has 0 bridgehead atoms. The highest BCUT2D eigenvalue weighted by atomic mass is 19.4. The standard InChI is InChI=1S/C11H20F3N3/c1-2-3-4-5-6-7-8-10(16-17-15)9-11(12,13)14/h10H,2-9H2,1H3. The molecule has 0 radical (unpaired) electrons. The van der Waals surface area contributed by atoms with E-state index in [1.54, 1.807) is 0 Å². The van der Waals surface area contributed by atoms with Gasteiger partial charge in [-0.05, 0) is 12.0 Å². The molecule has 0 saturated carbocycles. The lowest BCUT2D eigenvalue weighted by Gasteiger charge is -2.13. The van der Waals surface area contributed by atoms with Crippen molar-refractivity contribution in [2.75, 3.05) is 0 Å². The van der Waals surface area contributed by atoms with E-state index in [1.807, 2.05) is 0 Å². The van der Waals surface area contributed by atoms with Gasteiger partial charge in [0.25, 0.3) is 0 Å². The van der Waals surface area contributed by atoms with E-state index in [0.29, 0.717) is 12.8 Å². The average molecular weight is 251 g/mol. The summed E-state index contributed by atoms with van der Waals surface area (Å²) < 4.78 is 36.4. The van der Waals surface area contributed by atoms with E-state index >= 15 is 0 Å². The van der Waals surface area contributed by atoms with Gasteiger partial charge in [0.15, 0.2) is 0 Å². The zero-order chi connectivity index (χ0) is 13.1. The minimum atomic E-state index is -4.25. The summed E-state index contributed by atoms with van der Waals surface area (Å²) >= 11 is 0. The van der Waals surface area contributed by atoms with E-state index in [-0.39, 0.29) is 0 Å². The quantitative estimate of drug-likeness (QED) is 0.229. The summed E-state index contributed by atoms with van der Waals surface area (Å²) in [5.41, 5.74) is 8.20. The molecule has 17 heavy (non-hydrogen) atoms. The first-order valence-corrected chi connectivity index (χ1v) is 6.10. The molecule has 0 aliphatic carbocycles. The summed E-state index contributed by atoms with van der Waals surface area (Å²) in [7, 11) is 0. The molecule has 0 rings (SSSR count). The zero-order valence-corrected chi connectivity index (χ0v) is 10.2. The SMILES string of the molecule is CCCCCCCCC(CC(F)(F)F)N=[N+]=[N-]. The highest BCUT2D eigenvalue weighted by molar-refractivity contribution is 4.71. The second-order valence-electron chi connectivity index (χ2n) is 4.23. The smallest absolute Gasteiger partial charge is 0.171 e. The number of unbranched alkanes of at least 4 members (excludes halogenated alkanes) is 5. The van der Waals surface area contributed by atoms with Crippen LogP contribution in [-0.2, 0) is 0 Å². The molecule has 0 aliphatic rings. The third kappa shape index (κ3) is 11.4. The van der Waals surface area contributed by atoms with Gasteiger partial charge in [0, 0.05) is 11.0 Å². The Morgan fingerprint density at radius 2 is 1.71 bits per heavy atom. The molecule has 0 amide bonds. The molecule has 3 nitrogen and oxygen atoms in total. The first-order valence-electron chi connectivity index (χ1n) is 6.10. The molecule has 0 aliphatic heterocycles. The fourth-order valence-electron chi connectivity index (χ4n) is 1.70. The first kappa shape index (κ1) is 16.1. The lowest BCUT2D eigenvalue weighted by molar-refractivity contribution is -0.138. The van der Waals surface area contributed by atoms with E-state index in [4.69, 9.17) is 5.53 Å². The largest absolute Gasteiger partial charge is 0.389 e. The van der Waals surface area contributed by atoms with Crippen LogP contribution in [0.25, 0.3) is 10.4 Å². The Morgan fingerprint density at radius 1 is 1.12 bits per heavy atom. The molecular formula is C11H20F3N3. The Balaban J connectivity index is 3.75. The molecule has 0 N–H and O–H groups in total. The molecule has 0 spiro atoms. The third-order valence-corrected chi connectivity index (χ3v) is 2.57. The summed E-state index contributed by atoms with van der Waals surface area (Å²) in [6, 6.07) is -0.939. The fraction of sp³-hybridized carbons (Fsp3) is 1.00. The topological polar surface area (TPSA) is 48.8 Å². The highest BCUT2D eigenvalue weighted by Gasteiger charge is 2.31. The minimum Gasteiger partial charge on any atom is -0.171 e. The van der Waals surface area contributed by atoms with Gasteiger partial charge >= 0.3 is 6.18 Å². The molecule has 1 unspecified atom stereocenters. The Labute approximate surface area is 100 Å². The Morgan fingerprint density at radius 3 is 2.24 bits per heavy atom. The van der Waals surface area contributed by atoms with Crippen molar-refractivity contribution >= 4 is 0 Å². The maximum absolute atomic E-state index is 12.1. The molecule has 0 aromatic carbocycles. The zero-order valence-electron chi connectivity index (χ0n) is 10.2.